The zero-order valence-corrected chi connectivity index (χ0v) is 27.6. The predicted molar refractivity (Wildman–Crippen MR) is 171 cm³/mol. The Kier molecular flexibility index (Phi) is 9.23. The van der Waals surface area contributed by atoms with Gasteiger partial charge in [0, 0.05) is 11.6 Å². The van der Waals surface area contributed by atoms with Crippen LogP contribution in [-0.4, -0.2) is 20.9 Å². The van der Waals surface area contributed by atoms with Crippen molar-refractivity contribution in [2.24, 2.45) is 52.3 Å². The lowest BCUT2D eigenvalue weighted by Crippen LogP contribution is -2.53. The number of non-ortho nitro benzene ring substituents is 1. The van der Waals surface area contributed by atoms with Crippen LogP contribution in [0.2, 0.25) is 0 Å². The highest BCUT2D eigenvalue weighted by Gasteiger charge is 2.60. The number of carboxylic acid groups (broad SMARTS) is 1. The van der Waals surface area contributed by atoms with E-state index in [0.717, 1.165) is 54.9 Å². The fraction of sp³-hybridized carbons (Fsp3) is 0.806. The van der Waals surface area contributed by atoms with E-state index in [1.165, 1.54) is 83.3 Å². The number of hydrogen-bond acceptors (Lipinski definition) is 5. The molecule has 4 aliphatic rings. The second-order valence-electron chi connectivity index (χ2n) is 16.2. The predicted octanol–water partition coefficient (Wildman–Crippen LogP) is 9.73. The van der Waals surface area contributed by atoms with Gasteiger partial charge in [0.15, 0.2) is 0 Å². The molecule has 1 aromatic carbocycles. The summed E-state index contributed by atoms with van der Waals surface area (Å²) in [6.45, 7) is 11.3. The van der Waals surface area contributed by atoms with Gasteiger partial charge in [0.1, 0.15) is 0 Å². The van der Waals surface area contributed by atoms with E-state index in [1.807, 2.05) is 6.92 Å². The van der Waals surface area contributed by atoms with Gasteiger partial charge in [-0.3, -0.25) is 25.0 Å². The minimum Gasteiger partial charge on any atom is -0.481 e. The number of hydrogen-bond donors (Lipinski definition) is 1. The first-order valence-electron chi connectivity index (χ1n) is 17.4. The quantitative estimate of drug-likeness (QED) is 0.196. The van der Waals surface area contributed by atoms with Crippen LogP contribution < -0.4 is 0 Å². The van der Waals surface area contributed by atoms with Crippen molar-refractivity contribution in [1.29, 1.82) is 0 Å². The average Bonchev–Trinajstić information content (AvgIpc) is 3.33. The van der Waals surface area contributed by atoms with Gasteiger partial charge >= 0.3 is 5.97 Å². The number of rotatable bonds is 11. The summed E-state index contributed by atoms with van der Waals surface area (Å²) in [6, 6.07) is 3.30. The zero-order valence-electron chi connectivity index (χ0n) is 27.6. The monoisotopic (exact) mass is 610 g/mol. The molecule has 0 amide bonds. The van der Waals surface area contributed by atoms with E-state index < -0.39 is 32.6 Å². The Morgan fingerprint density at radius 1 is 0.955 bits per heavy atom. The van der Waals surface area contributed by atoms with E-state index in [9.17, 15) is 30.1 Å². The maximum Gasteiger partial charge on any atom is 0.314 e. The van der Waals surface area contributed by atoms with Crippen molar-refractivity contribution in [2.45, 2.75) is 130 Å². The van der Waals surface area contributed by atoms with Crippen LogP contribution in [0.5, 0.6) is 0 Å². The maximum atomic E-state index is 12.5. The summed E-state index contributed by atoms with van der Waals surface area (Å²) in [6.07, 6.45) is 17.4. The van der Waals surface area contributed by atoms with Gasteiger partial charge in [-0.1, -0.05) is 59.8 Å². The molecule has 4 aliphatic carbocycles. The summed E-state index contributed by atoms with van der Waals surface area (Å²) in [7, 11) is 0. The van der Waals surface area contributed by atoms with Gasteiger partial charge in [0.25, 0.3) is 11.4 Å². The molecule has 8 nitrogen and oxygen atoms in total. The van der Waals surface area contributed by atoms with Crippen LogP contribution in [0, 0.1) is 72.5 Å². The molecule has 0 aromatic heterocycles. The Morgan fingerprint density at radius 3 is 2.36 bits per heavy atom. The summed E-state index contributed by atoms with van der Waals surface area (Å²) in [5, 5.41) is 33.2. The average molecular weight is 611 g/mol. The van der Waals surface area contributed by atoms with Crippen molar-refractivity contribution in [2.75, 3.05) is 0 Å². The first-order valence-corrected chi connectivity index (χ1v) is 17.4. The molecule has 8 heteroatoms. The van der Waals surface area contributed by atoms with E-state index in [4.69, 9.17) is 0 Å². The van der Waals surface area contributed by atoms with Crippen molar-refractivity contribution in [3.8, 4) is 0 Å². The van der Waals surface area contributed by atoms with Crippen LogP contribution in [0.3, 0.4) is 0 Å². The third kappa shape index (κ3) is 5.68. The van der Waals surface area contributed by atoms with Gasteiger partial charge in [0.05, 0.1) is 21.3 Å². The van der Waals surface area contributed by atoms with Crippen molar-refractivity contribution in [1.82, 2.24) is 0 Å². The third-order valence-corrected chi connectivity index (χ3v) is 13.9. The highest BCUT2D eigenvalue weighted by molar-refractivity contribution is 5.83. The van der Waals surface area contributed by atoms with Gasteiger partial charge in [0.2, 0.25) is 0 Å². The number of benzene rings is 1. The van der Waals surface area contributed by atoms with Gasteiger partial charge in [-0.2, -0.15) is 0 Å². The molecular formula is C36H54N2O6. The van der Waals surface area contributed by atoms with Gasteiger partial charge < -0.3 is 5.11 Å². The van der Waals surface area contributed by atoms with Crippen molar-refractivity contribution >= 4 is 17.3 Å². The molecule has 0 spiro atoms. The molecule has 0 saturated heterocycles. The molecule has 0 bridgehead atoms. The summed E-state index contributed by atoms with van der Waals surface area (Å²) in [5.41, 5.74) is -1.40. The van der Waals surface area contributed by atoms with Crippen molar-refractivity contribution in [3.05, 3.63) is 44.0 Å². The zero-order chi connectivity index (χ0) is 32.0. The first-order chi connectivity index (χ1) is 20.7. The Hall–Kier alpha value is -2.51. The lowest BCUT2D eigenvalue weighted by Gasteiger charge is -2.61. The summed E-state index contributed by atoms with van der Waals surface area (Å²) >= 11 is 0. The Balaban J connectivity index is 1.20. The molecule has 0 heterocycles. The SMILES string of the molecule is CC(CCC[C@@H](C)[C@H]1CC[C@H]2[C@@H]3CCC4CCCC[C@]4(C)[C@H]3CC[C@]12C)CC(C)(C(=O)O)c1ccc([N+](=O)[O-])cc1[N+](=O)[O-]. The minimum atomic E-state index is -1.51. The van der Waals surface area contributed by atoms with E-state index in [0.29, 0.717) is 16.7 Å². The summed E-state index contributed by atoms with van der Waals surface area (Å²) in [5.74, 6) is 3.89. The van der Waals surface area contributed by atoms with E-state index in [2.05, 4.69) is 20.8 Å². The number of carbonyl (C=O) groups is 1. The molecule has 10 atom stereocenters. The van der Waals surface area contributed by atoms with E-state index >= 15 is 0 Å². The van der Waals surface area contributed by atoms with Crippen molar-refractivity contribution in [3.63, 3.8) is 0 Å². The Bertz CT molecular complexity index is 1270. The topological polar surface area (TPSA) is 124 Å². The maximum absolute atomic E-state index is 12.5. The van der Waals surface area contributed by atoms with Crippen LogP contribution in [-0.2, 0) is 10.2 Å². The van der Waals surface area contributed by atoms with E-state index in [1.54, 1.807) is 0 Å². The minimum absolute atomic E-state index is 0.0254. The van der Waals surface area contributed by atoms with Crippen LogP contribution in [0.15, 0.2) is 18.2 Å². The number of carboxylic acids is 1. The summed E-state index contributed by atoms with van der Waals surface area (Å²) < 4.78 is 0. The van der Waals surface area contributed by atoms with Gasteiger partial charge in [-0.25, -0.2) is 0 Å². The lowest BCUT2D eigenvalue weighted by atomic mass is 9.44. The molecule has 1 N–H and O–H groups in total. The lowest BCUT2D eigenvalue weighted by molar-refractivity contribution is -0.394. The van der Waals surface area contributed by atoms with Crippen LogP contribution in [0.4, 0.5) is 11.4 Å². The molecule has 1 aromatic rings. The normalized spacial score (nSPS) is 35.8. The van der Waals surface area contributed by atoms with Crippen LogP contribution in [0.25, 0.3) is 0 Å². The third-order valence-electron chi connectivity index (χ3n) is 13.9. The van der Waals surface area contributed by atoms with Crippen LogP contribution in [0.1, 0.15) is 130 Å². The number of nitrogens with zero attached hydrogens (tertiary/aromatic N) is 2. The number of nitro groups is 2. The van der Waals surface area contributed by atoms with Crippen molar-refractivity contribution < 1.29 is 19.7 Å². The van der Waals surface area contributed by atoms with Gasteiger partial charge in [-0.15, -0.1) is 0 Å². The largest absolute Gasteiger partial charge is 0.481 e. The molecule has 0 radical (unpaired) electrons. The Morgan fingerprint density at radius 2 is 1.68 bits per heavy atom. The second-order valence-corrected chi connectivity index (χ2v) is 16.2. The number of nitro benzene ring substituents is 2. The fourth-order valence-corrected chi connectivity index (χ4v) is 11.6. The molecular weight excluding hydrogens is 556 g/mol. The summed E-state index contributed by atoms with van der Waals surface area (Å²) in [4.78, 5) is 34.1. The Labute approximate surface area is 263 Å². The standard InChI is InChI=1S/C36H54N2O6/c1-23(22-36(5,33(39)40)31-15-13-26(37(41)42)21-32(31)38(43)44)9-8-10-24(2)28-16-17-29-27-14-12-25-11-6-7-19-34(25,3)30(27)18-20-35(28,29)4/h13,15,21,23-25,27-30H,6-12,14,16-20,22H2,1-5H3,(H,39,40)/t23?,24-,25?,27+,28-,29+,30+,34+,35-,36?/m1/s1. The smallest absolute Gasteiger partial charge is 0.314 e. The molecule has 44 heavy (non-hydrogen) atoms. The highest BCUT2D eigenvalue weighted by atomic mass is 16.6. The first kappa shape index (κ1) is 32.9. The fourth-order valence-electron chi connectivity index (χ4n) is 11.6. The van der Waals surface area contributed by atoms with E-state index in [-0.39, 0.29) is 17.9 Å². The molecule has 3 unspecified atom stereocenters. The molecule has 4 saturated carbocycles. The van der Waals surface area contributed by atoms with Crippen LogP contribution >= 0.6 is 0 Å². The molecule has 4 fully saturated rings. The number of aliphatic carboxylic acids is 1. The molecule has 0 aliphatic heterocycles. The second kappa shape index (κ2) is 12.4. The molecule has 244 valence electrons. The highest BCUT2D eigenvalue weighted by Crippen LogP contribution is 2.68. The number of fused-ring (bicyclic) bond motifs is 5. The van der Waals surface area contributed by atoms with Gasteiger partial charge in [-0.05, 0) is 123 Å². The molecule has 5 rings (SSSR count).